The third-order valence-corrected chi connectivity index (χ3v) is 3.25. The average molecular weight is 247 g/mol. The van der Waals surface area contributed by atoms with Gasteiger partial charge in [0.1, 0.15) is 11.6 Å². The highest BCUT2D eigenvalue weighted by Crippen LogP contribution is 2.19. The van der Waals surface area contributed by atoms with Crippen molar-refractivity contribution < 1.29 is 4.39 Å². The summed E-state index contributed by atoms with van der Waals surface area (Å²) < 4.78 is 15.6. The van der Waals surface area contributed by atoms with E-state index in [4.69, 9.17) is 0 Å². The number of benzene rings is 1. The van der Waals surface area contributed by atoms with Gasteiger partial charge in [-0.2, -0.15) is 0 Å². The minimum Gasteiger partial charge on any atom is -0.338 e. The highest BCUT2D eigenvalue weighted by atomic mass is 19.1. The Morgan fingerprint density at radius 2 is 2.22 bits per heavy atom. The first kappa shape index (κ1) is 12.8. The molecule has 0 saturated carbocycles. The van der Waals surface area contributed by atoms with Gasteiger partial charge < -0.3 is 9.88 Å². The topological polar surface area (TPSA) is 29.9 Å². The van der Waals surface area contributed by atoms with Crippen LogP contribution in [0.3, 0.4) is 0 Å². The van der Waals surface area contributed by atoms with Gasteiger partial charge in [0.2, 0.25) is 0 Å². The van der Waals surface area contributed by atoms with Crippen LogP contribution in [0.5, 0.6) is 0 Å². The van der Waals surface area contributed by atoms with Crippen LogP contribution < -0.4 is 5.32 Å². The fourth-order valence-electron chi connectivity index (χ4n) is 1.99. The second kappa shape index (κ2) is 5.31. The first-order valence-electron chi connectivity index (χ1n) is 6.01. The molecule has 0 aliphatic carbocycles. The molecule has 0 fully saturated rings. The van der Waals surface area contributed by atoms with Gasteiger partial charge in [-0.25, -0.2) is 9.37 Å². The Hall–Kier alpha value is -1.68. The van der Waals surface area contributed by atoms with Crippen LogP contribution in [0.15, 0.2) is 30.6 Å². The fourth-order valence-corrected chi connectivity index (χ4v) is 1.99. The van der Waals surface area contributed by atoms with Crippen LogP contribution in [0.25, 0.3) is 0 Å². The number of hydrogen-bond acceptors (Lipinski definition) is 2. The molecular weight excluding hydrogens is 229 g/mol. The summed E-state index contributed by atoms with van der Waals surface area (Å²) in [5.74, 6) is 0.822. The average Bonchev–Trinajstić information content (AvgIpc) is 2.75. The Labute approximate surface area is 107 Å². The Balaban J connectivity index is 2.23. The first-order valence-corrected chi connectivity index (χ1v) is 6.01. The van der Waals surface area contributed by atoms with Gasteiger partial charge in [-0.3, -0.25) is 0 Å². The molecule has 4 heteroatoms. The summed E-state index contributed by atoms with van der Waals surface area (Å²) in [5.41, 5.74) is 1.62. The SMILES string of the molecule is CNC(Cc1nccn1C)c1ccc(C)c(F)c1. The van der Waals surface area contributed by atoms with Crippen molar-refractivity contribution in [3.63, 3.8) is 0 Å². The van der Waals surface area contributed by atoms with Crippen LogP contribution in [0.4, 0.5) is 4.39 Å². The zero-order chi connectivity index (χ0) is 13.1. The summed E-state index contributed by atoms with van der Waals surface area (Å²) in [5, 5.41) is 3.21. The molecular formula is C14H18FN3. The van der Waals surface area contributed by atoms with Crippen molar-refractivity contribution in [2.24, 2.45) is 7.05 Å². The molecule has 18 heavy (non-hydrogen) atoms. The van der Waals surface area contributed by atoms with Crippen LogP contribution in [-0.2, 0) is 13.5 Å². The molecule has 1 aromatic carbocycles. The minimum atomic E-state index is -0.160. The van der Waals surface area contributed by atoms with Gasteiger partial charge in [0.05, 0.1) is 0 Å². The van der Waals surface area contributed by atoms with Gasteiger partial charge in [0.25, 0.3) is 0 Å². The van der Waals surface area contributed by atoms with E-state index < -0.39 is 0 Å². The second-order valence-electron chi connectivity index (χ2n) is 4.51. The molecule has 0 bridgehead atoms. The lowest BCUT2D eigenvalue weighted by Crippen LogP contribution is -2.20. The van der Waals surface area contributed by atoms with E-state index in [0.29, 0.717) is 5.56 Å². The molecule has 0 aliphatic rings. The van der Waals surface area contributed by atoms with Crippen LogP contribution in [0, 0.1) is 12.7 Å². The number of likely N-dealkylation sites (N-methyl/N-ethyl adjacent to an activating group) is 1. The van der Waals surface area contributed by atoms with Crippen molar-refractivity contribution in [3.8, 4) is 0 Å². The van der Waals surface area contributed by atoms with Crippen molar-refractivity contribution in [1.29, 1.82) is 0 Å². The van der Waals surface area contributed by atoms with E-state index in [1.165, 1.54) is 0 Å². The van der Waals surface area contributed by atoms with Gasteiger partial charge in [-0.05, 0) is 31.2 Å². The minimum absolute atomic E-state index is 0.0706. The third kappa shape index (κ3) is 2.59. The number of aromatic nitrogens is 2. The van der Waals surface area contributed by atoms with Crippen molar-refractivity contribution in [2.45, 2.75) is 19.4 Å². The Kier molecular flexibility index (Phi) is 3.77. The summed E-state index contributed by atoms with van der Waals surface area (Å²) >= 11 is 0. The zero-order valence-electron chi connectivity index (χ0n) is 10.9. The number of nitrogens with one attached hydrogen (secondary N) is 1. The molecule has 0 amide bonds. The van der Waals surface area contributed by atoms with E-state index >= 15 is 0 Å². The molecule has 2 aromatic rings. The van der Waals surface area contributed by atoms with Crippen molar-refractivity contribution in [1.82, 2.24) is 14.9 Å². The molecule has 1 N–H and O–H groups in total. The Bertz CT molecular complexity index is 534. The molecule has 2 rings (SSSR count). The van der Waals surface area contributed by atoms with Crippen LogP contribution >= 0.6 is 0 Å². The van der Waals surface area contributed by atoms with Crippen molar-refractivity contribution in [3.05, 3.63) is 53.4 Å². The van der Waals surface area contributed by atoms with E-state index in [-0.39, 0.29) is 11.9 Å². The van der Waals surface area contributed by atoms with Crippen LogP contribution in [-0.4, -0.2) is 16.6 Å². The third-order valence-electron chi connectivity index (χ3n) is 3.25. The highest BCUT2D eigenvalue weighted by molar-refractivity contribution is 5.26. The molecule has 1 unspecified atom stereocenters. The number of nitrogens with zero attached hydrogens (tertiary/aromatic N) is 2. The van der Waals surface area contributed by atoms with E-state index in [2.05, 4.69) is 10.3 Å². The van der Waals surface area contributed by atoms with Crippen molar-refractivity contribution in [2.75, 3.05) is 7.05 Å². The molecule has 1 atom stereocenters. The molecule has 0 aliphatic heterocycles. The van der Waals surface area contributed by atoms with Gasteiger partial charge in [0, 0.05) is 31.9 Å². The van der Waals surface area contributed by atoms with Crippen molar-refractivity contribution >= 4 is 0 Å². The quantitative estimate of drug-likeness (QED) is 0.899. The maximum absolute atomic E-state index is 13.6. The second-order valence-corrected chi connectivity index (χ2v) is 4.51. The van der Waals surface area contributed by atoms with E-state index in [1.54, 1.807) is 19.2 Å². The molecule has 1 heterocycles. The Morgan fingerprint density at radius 1 is 1.44 bits per heavy atom. The number of imidazole rings is 1. The number of aryl methyl sites for hydroxylation is 2. The lowest BCUT2D eigenvalue weighted by atomic mass is 10.0. The van der Waals surface area contributed by atoms with E-state index in [0.717, 1.165) is 17.8 Å². The van der Waals surface area contributed by atoms with Gasteiger partial charge in [0.15, 0.2) is 0 Å². The summed E-state index contributed by atoms with van der Waals surface area (Å²) in [7, 11) is 3.84. The summed E-state index contributed by atoms with van der Waals surface area (Å²) in [6, 6.07) is 5.44. The monoisotopic (exact) mass is 247 g/mol. The number of hydrogen-bond donors (Lipinski definition) is 1. The van der Waals surface area contributed by atoms with Gasteiger partial charge in [-0.1, -0.05) is 12.1 Å². The standard InChI is InChI=1S/C14H18FN3/c1-10-4-5-11(8-12(10)15)13(16-2)9-14-17-6-7-18(14)3/h4-8,13,16H,9H2,1-3H3. The predicted molar refractivity (Wildman–Crippen MR) is 69.8 cm³/mol. The molecule has 0 saturated heterocycles. The fraction of sp³-hybridized carbons (Fsp3) is 0.357. The maximum atomic E-state index is 13.6. The maximum Gasteiger partial charge on any atom is 0.126 e. The first-order chi connectivity index (χ1) is 8.61. The molecule has 0 radical (unpaired) electrons. The highest BCUT2D eigenvalue weighted by Gasteiger charge is 2.13. The number of rotatable bonds is 4. The molecule has 96 valence electrons. The van der Waals surface area contributed by atoms with Crippen LogP contribution in [0.2, 0.25) is 0 Å². The van der Waals surface area contributed by atoms with Crippen LogP contribution in [0.1, 0.15) is 23.0 Å². The number of halogens is 1. The van der Waals surface area contributed by atoms with E-state index in [1.807, 2.05) is 37.0 Å². The normalized spacial score (nSPS) is 12.7. The lowest BCUT2D eigenvalue weighted by molar-refractivity contribution is 0.553. The lowest BCUT2D eigenvalue weighted by Gasteiger charge is -2.17. The van der Waals surface area contributed by atoms with Gasteiger partial charge >= 0.3 is 0 Å². The molecule has 0 spiro atoms. The zero-order valence-corrected chi connectivity index (χ0v) is 10.9. The summed E-state index contributed by atoms with van der Waals surface area (Å²) in [6.07, 6.45) is 4.43. The molecule has 3 nitrogen and oxygen atoms in total. The Morgan fingerprint density at radius 3 is 2.78 bits per heavy atom. The summed E-state index contributed by atoms with van der Waals surface area (Å²) in [4.78, 5) is 4.30. The largest absolute Gasteiger partial charge is 0.338 e. The smallest absolute Gasteiger partial charge is 0.126 e. The molecule has 1 aromatic heterocycles. The van der Waals surface area contributed by atoms with Gasteiger partial charge in [-0.15, -0.1) is 0 Å². The summed E-state index contributed by atoms with van der Waals surface area (Å²) in [6.45, 7) is 1.77. The van der Waals surface area contributed by atoms with E-state index in [9.17, 15) is 4.39 Å². The predicted octanol–water partition coefficient (Wildman–Crippen LogP) is 2.37.